The molecule has 2 amide bonds. The Morgan fingerprint density at radius 3 is 2.09 bits per heavy atom. The summed E-state index contributed by atoms with van der Waals surface area (Å²) in [6.45, 7) is 4.89. The Hall–Kier alpha value is -4.86. The number of carbonyl (C=O) groups is 4. The van der Waals surface area contributed by atoms with E-state index < -0.39 is 41.5 Å². The van der Waals surface area contributed by atoms with Crippen molar-refractivity contribution in [3.63, 3.8) is 0 Å². The number of hydrogen-bond donors (Lipinski definition) is 2. The monoisotopic (exact) mass is 665 g/mol. The average Bonchev–Trinajstić information content (AvgIpc) is 3.03. The number of aromatic carboxylic acids is 1. The van der Waals surface area contributed by atoms with E-state index in [9.17, 15) is 32.3 Å². The molecule has 3 aromatic rings. The number of alkyl halides is 3. The second kappa shape index (κ2) is 15.9. The molecule has 1 aromatic carbocycles. The number of halogens is 4. The fourth-order valence-electron chi connectivity index (χ4n) is 4.33. The van der Waals surface area contributed by atoms with Gasteiger partial charge >= 0.3 is 18.1 Å². The molecule has 1 fully saturated rings. The van der Waals surface area contributed by atoms with Crippen LogP contribution in [0.5, 0.6) is 0 Å². The first-order chi connectivity index (χ1) is 21.7. The largest absolute Gasteiger partial charge is 0.476 e. The van der Waals surface area contributed by atoms with Crippen LogP contribution in [0.25, 0.3) is 0 Å². The zero-order chi connectivity index (χ0) is 34.0. The third-order valence-corrected chi connectivity index (χ3v) is 6.79. The number of ether oxygens (including phenoxy) is 1. The maximum absolute atomic E-state index is 13.3. The minimum atomic E-state index is -4.62. The van der Waals surface area contributed by atoms with Gasteiger partial charge in [-0.25, -0.2) is 9.59 Å². The summed E-state index contributed by atoms with van der Waals surface area (Å²) in [5.74, 6) is -2.29. The van der Waals surface area contributed by atoms with E-state index in [-0.39, 0.29) is 41.1 Å². The number of amides is 2. The Labute approximate surface area is 266 Å². The van der Waals surface area contributed by atoms with Crippen LogP contribution < -0.4 is 10.2 Å². The van der Waals surface area contributed by atoms with Crippen molar-refractivity contribution in [2.75, 3.05) is 38.2 Å². The summed E-state index contributed by atoms with van der Waals surface area (Å²) in [5, 5.41) is 25.8. The van der Waals surface area contributed by atoms with Crippen molar-refractivity contribution in [2.24, 2.45) is 5.92 Å². The van der Waals surface area contributed by atoms with Gasteiger partial charge in [-0.3, -0.25) is 9.59 Å². The van der Waals surface area contributed by atoms with Gasteiger partial charge in [-0.15, -0.1) is 20.4 Å². The molecule has 13 nitrogen and oxygen atoms in total. The molecule has 0 bridgehead atoms. The number of aromatic nitrogens is 4. The number of carboxylic acid groups (broad SMARTS) is 1. The zero-order valence-corrected chi connectivity index (χ0v) is 25.7. The minimum absolute atomic E-state index is 0.0222. The molecule has 1 atom stereocenters. The van der Waals surface area contributed by atoms with Crippen molar-refractivity contribution in [2.45, 2.75) is 32.5 Å². The van der Waals surface area contributed by atoms with Crippen LogP contribution in [-0.4, -0.2) is 93.5 Å². The van der Waals surface area contributed by atoms with Crippen LogP contribution in [0.2, 0.25) is 5.15 Å². The number of nitrogens with one attached hydrogen (secondary N) is 1. The van der Waals surface area contributed by atoms with Crippen LogP contribution in [0.1, 0.15) is 57.2 Å². The summed E-state index contributed by atoms with van der Waals surface area (Å²) in [4.78, 5) is 50.6. The molecule has 4 rings (SSSR count). The average molecular weight is 666 g/mol. The first-order valence-electron chi connectivity index (χ1n) is 13.9. The van der Waals surface area contributed by atoms with Crippen molar-refractivity contribution >= 4 is 41.2 Å². The Bertz CT molecular complexity index is 1520. The van der Waals surface area contributed by atoms with Crippen LogP contribution in [-0.2, 0) is 15.7 Å². The minimum Gasteiger partial charge on any atom is -0.476 e. The van der Waals surface area contributed by atoms with Gasteiger partial charge in [-0.05, 0) is 48.7 Å². The van der Waals surface area contributed by atoms with Crippen molar-refractivity contribution < 1.29 is 42.2 Å². The summed E-state index contributed by atoms with van der Waals surface area (Å²) in [5.41, 5.74) is -1.42. The number of esters is 1. The summed E-state index contributed by atoms with van der Waals surface area (Å²) < 4.78 is 44.6. The molecule has 0 radical (unpaired) electrons. The highest BCUT2D eigenvalue weighted by atomic mass is 35.5. The number of carboxylic acids is 1. The predicted molar refractivity (Wildman–Crippen MR) is 158 cm³/mol. The topological polar surface area (TPSA) is 168 Å². The molecule has 1 unspecified atom stereocenters. The van der Waals surface area contributed by atoms with Gasteiger partial charge in [0.25, 0.3) is 11.8 Å². The normalized spacial score (nSPS) is 13.7. The van der Waals surface area contributed by atoms with E-state index in [2.05, 4.69) is 25.7 Å². The zero-order valence-electron chi connectivity index (χ0n) is 25.0. The molecule has 2 aromatic heterocycles. The van der Waals surface area contributed by atoms with Crippen molar-refractivity contribution in [1.29, 1.82) is 0 Å². The van der Waals surface area contributed by atoms with E-state index in [4.69, 9.17) is 21.4 Å². The van der Waals surface area contributed by atoms with Gasteiger partial charge in [0, 0.05) is 26.2 Å². The fourth-order valence-corrected chi connectivity index (χ4v) is 4.43. The first-order valence-corrected chi connectivity index (χ1v) is 14.2. The highest BCUT2D eigenvalue weighted by molar-refractivity contribution is 6.29. The first kappa shape index (κ1) is 35.6. The van der Waals surface area contributed by atoms with Gasteiger partial charge < -0.3 is 25.0 Å². The van der Waals surface area contributed by atoms with Crippen molar-refractivity contribution in [3.8, 4) is 0 Å². The summed E-state index contributed by atoms with van der Waals surface area (Å²) in [6.07, 6.45) is -4.22. The molecule has 17 heteroatoms. The second-order valence-electron chi connectivity index (χ2n) is 10.3. The molecular formula is C29H31ClF3N7O6. The van der Waals surface area contributed by atoms with E-state index in [1.807, 2.05) is 18.7 Å². The molecule has 0 saturated carbocycles. The molecule has 1 aliphatic heterocycles. The van der Waals surface area contributed by atoms with Crippen molar-refractivity contribution in [1.82, 2.24) is 30.6 Å². The lowest BCUT2D eigenvalue weighted by atomic mass is 10.0. The SMILES string of the molecule is COC(=O)C(CC(C)C)NC(=O)c1ccc(N2CCN(C(=O)c3ccccc3C(F)(F)F)CC2)nn1.O=C(O)c1ccc(Cl)nn1. The molecular weight excluding hydrogens is 635 g/mol. The molecule has 1 aliphatic rings. The second-order valence-corrected chi connectivity index (χ2v) is 10.7. The summed E-state index contributed by atoms with van der Waals surface area (Å²) >= 11 is 5.35. The fraction of sp³-hybridized carbons (Fsp3) is 0.379. The Morgan fingerprint density at radius 2 is 1.57 bits per heavy atom. The molecule has 246 valence electrons. The number of methoxy groups -OCH3 is 1. The standard InChI is InChI=1S/C24H28F3N5O4.C5H3ClN2O2/c1-15(2)14-19(23(35)36-3)28-21(33)18-8-9-20(30-29-18)31-10-12-32(13-11-31)22(34)16-6-4-5-7-17(16)24(25,26)27;6-4-2-1-3(5(9)10)7-8-4/h4-9,15,19H,10-14H2,1-3H3,(H,28,33);1-2H,(H,9,10). The van der Waals surface area contributed by atoms with Gasteiger partial charge in [0.15, 0.2) is 22.4 Å². The highest BCUT2D eigenvalue weighted by Crippen LogP contribution is 2.32. The van der Waals surface area contributed by atoms with Crippen LogP contribution in [0, 0.1) is 5.92 Å². The van der Waals surface area contributed by atoms with Gasteiger partial charge in [0.2, 0.25) is 0 Å². The third-order valence-electron chi connectivity index (χ3n) is 6.59. The van der Waals surface area contributed by atoms with Crippen LogP contribution in [0.4, 0.5) is 19.0 Å². The molecule has 2 N–H and O–H groups in total. The molecule has 0 aliphatic carbocycles. The van der Waals surface area contributed by atoms with E-state index in [0.29, 0.717) is 25.3 Å². The number of nitrogens with zero attached hydrogens (tertiary/aromatic N) is 6. The molecule has 3 heterocycles. The molecule has 1 saturated heterocycles. The Morgan fingerprint density at radius 1 is 0.935 bits per heavy atom. The maximum atomic E-state index is 13.3. The number of carbonyl (C=O) groups excluding carboxylic acids is 3. The maximum Gasteiger partial charge on any atom is 0.417 e. The summed E-state index contributed by atoms with van der Waals surface area (Å²) in [6, 6.07) is 9.65. The van der Waals surface area contributed by atoms with Gasteiger partial charge in [0.1, 0.15) is 6.04 Å². The Balaban J connectivity index is 0.000000489. The Kier molecular flexibility index (Phi) is 12.3. The molecule has 46 heavy (non-hydrogen) atoms. The quantitative estimate of drug-likeness (QED) is 0.337. The molecule has 0 spiro atoms. The number of rotatable bonds is 8. The lowest BCUT2D eigenvalue weighted by Crippen LogP contribution is -2.49. The van der Waals surface area contributed by atoms with Gasteiger partial charge in [-0.1, -0.05) is 37.6 Å². The lowest BCUT2D eigenvalue weighted by Gasteiger charge is -2.35. The highest BCUT2D eigenvalue weighted by Gasteiger charge is 2.36. The number of anilines is 1. The van der Waals surface area contributed by atoms with Crippen molar-refractivity contribution in [3.05, 3.63) is 76.2 Å². The summed E-state index contributed by atoms with van der Waals surface area (Å²) in [7, 11) is 1.25. The van der Waals surface area contributed by atoms with E-state index in [1.54, 1.807) is 6.07 Å². The lowest BCUT2D eigenvalue weighted by molar-refractivity contribution is -0.143. The van der Waals surface area contributed by atoms with Gasteiger partial charge in [0.05, 0.1) is 18.2 Å². The third kappa shape index (κ3) is 9.82. The van der Waals surface area contributed by atoms with E-state index in [0.717, 1.165) is 6.07 Å². The van der Waals surface area contributed by atoms with Crippen LogP contribution in [0.3, 0.4) is 0 Å². The number of hydrogen-bond acceptors (Lipinski definition) is 10. The predicted octanol–water partition coefficient (Wildman–Crippen LogP) is 3.60. The van der Waals surface area contributed by atoms with Crippen LogP contribution >= 0.6 is 11.6 Å². The van der Waals surface area contributed by atoms with Gasteiger partial charge in [-0.2, -0.15) is 13.2 Å². The number of piperazine rings is 1. The smallest absolute Gasteiger partial charge is 0.417 e. The van der Waals surface area contributed by atoms with Crippen LogP contribution in [0.15, 0.2) is 48.5 Å². The number of benzene rings is 1. The van der Waals surface area contributed by atoms with E-state index >= 15 is 0 Å². The van der Waals surface area contributed by atoms with E-state index in [1.165, 1.54) is 48.4 Å².